The van der Waals surface area contributed by atoms with E-state index in [-0.39, 0.29) is 5.56 Å². The fraction of sp³-hybridized carbons (Fsp3) is 0.500. The predicted molar refractivity (Wildman–Crippen MR) is 73.8 cm³/mol. The summed E-state index contributed by atoms with van der Waals surface area (Å²) in [6.07, 6.45) is -3.91. The van der Waals surface area contributed by atoms with Crippen LogP contribution in [0.1, 0.15) is 29.3 Å². The Labute approximate surface area is 124 Å². The van der Waals surface area contributed by atoms with E-state index in [1.165, 1.54) is 4.90 Å². The van der Waals surface area contributed by atoms with E-state index in [0.29, 0.717) is 30.5 Å². The third-order valence-corrected chi connectivity index (χ3v) is 4.77. The molecule has 1 aromatic carbocycles. The van der Waals surface area contributed by atoms with Gasteiger partial charge in [0, 0.05) is 29.7 Å². The molecule has 1 aliphatic rings. The molecule has 0 aliphatic carbocycles. The van der Waals surface area contributed by atoms with Crippen LogP contribution >= 0.6 is 11.8 Å². The van der Waals surface area contributed by atoms with Gasteiger partial charge in [-0.05, 0) is 24.6 Å². The standard InChI is InChI=1S/C14H15F4NOS/c1-2-10-8-19(5-6-21-10)13(20)9-3-4-12(15)11(7-9)14(16,17)18/h3-4,7,10H,2,5-6,8H2,1H3. The van der Waals surface area contributed by atoms with Gasteiger partial charge in [-0.1, -0.05) is 6.92 Å². The zero-order valence-electron chi connectivity index (χ0n) is 11.4. The monoisotopic (exact) mass is 321 g/mol. The van der Waals surface area contributed by atoms with Crippen LogP contribution < -0.4 is 0 Å². The predicted octanol–water partition coefficient (Wildman–Crippen LogP) is 3.81. The molecular formula is C14H15F4NOS. The van der Waals surface area contributed by atoms with E-state index in [0.717, 1.165) is 18.2 Å². The molecule has 0 N–H and O–H groups in total. The Bertz CT molecular complexity index is 532. The topological polar surface area (TPSA) is 20.3 Å². The first-order valence-electron chi connectivity index (χ1n) is 6.60. The molecule has 2 nitrogen and oxygen atoms in total. The second kappa shape index (κ2) is 6.25. The normalized spacial score (nSPS) is 19.7. The molecule has 0 spiro atoms. The molecule has 0 aromatic heterocycles. The summed E-state index contributed by atoms with van der Waals surface area (Å²) in [7, 11) is 0. The number of hydrogen-bond donors (Lipinski definition) is 0. The van der Waals surface area contributed by atoms with Crippen molar-refractivity contribution in [3.63, 3.8) is 0 Å². The smallest absolute Gasteiger partial charge is 0.337 e. The van der Waals surface area contributed by atoms with Crippen LogP contribution in [0, 0.1) is 5.82 Å². The van der Waals surface area contributed by atoms with Gasteiger partial charge in [0.15, 0.2) is 0 Å². The van der Waals surface area contributed by atoms with Gasteiger partial charge in [0.25, 0.3) is 5.91 Å². The van der Waals surface area contributed by atoms with E-state index in [4.69, 9.17) is 0 Å². The lowest BCUT2D eigenvalue weighted by Crippen LogP contribution is -2.41. The van der Waals surface area contributed by atoms with Crippen molar-refractivity contribution in [2.45, 2.75) is 24.8 Å². The molecule has 0 bridgehead atoms. The molecule has 7 heteroatoms. The summed E-state index contributed by atoms with van der Waals surface area (Å²) in [5, 5.41) is 0.297. The third-order valence-electron chi connectivity index (χ3n) is 3.40. The Morgan fingerprint density at radius 1 is 1.43 bits per heavy atom. The van der Waals surface area contributed by atoms with Gasteiger partial charge in [0.2, 0.25) is 0 Å². The fourth-order valence-electron chi connectivity index (χ4n) is 2.21. The quantitative estimate of drug-likeness (QED) is 0.772. The highest BCUT2D eigenvalue weighted by Crippen LogP contribution is 2.32. The van der Waals surface area contributed by atoms with Gasteiger partial charge in [0.05, 0.1) is 5.56 Å². The lowest BCUT2D eigenvalue weighted by molar-refractivity contribution is -0.140. The van der Waals surface area contributed by atoms with Crippen molar-refractivity contribution in [2.75, 3.05) is 18.8 Å². The van der Waals surface area contributed by atoms with Gasteiger partial charge in [-0.15, -0.1) is 0 Å². The molecule has 1 fully saturated rings. The minimum absolute atomic E-state index is 0.120. The first-order valence-corrected chi connectivity index (χ1v) is 7.65. The van der Waals surface area contributed by atoms with Crippen molar-refractivity contribution in [3.05, 3.63) is 35.1 Å². The van der Waals surface area contributed by atoms with E-state index in [1.54, 1.807) is 11.8 Å². The van der Waals surface area contributed by atoms with Gasteiger partial charge >= 0.3 is 6.18 Å². The fourth-order valence-corrected chi connectivity index (χ4v) is 3.39. The minimum atomic E-state index is -4.80. The van der Waals surface area contributed by atoms with Gasteiger partial charge in [-0.3, -0.25) is 4.79 Å². The highest BCUT2D eigenvalue weighted by Gasteiger charge is 2.35. The Morgan fingerprint density at radius 3 is 2.76 bits per heavy atom. The number of alkyl halides is 3. The van der Waals surface area contributed by atoms with Crippen molar-refractivity contribution < 1.29 is 22.4 Å². The lowest BCUT2D eigenvalue weighted by Gasteiger charge is -2.32. The summed E-state index contributed by atoms with van der Waals surface area (Å²) in [6, 6.07) is 2.40. The summed E-state index contributed by atoms with van der Waals surface area (Å²) in [5.74, 6) is -1.07. The van der Waals surface area contributed by atoms with Crippen LogP contribution in [-0.4, -0.2) is 34.9 Å². The highest BCUT2D eigenvalue weighted by molar-refractivity contribution is 8.00. The summed E-state index contributed by atoms with van der Waals surface area (Å²) in [6.45, 7) is 3.02. The molecule has 0 saturated carbocycles. The summed E-state index contributed by atoms with van der Waals surface area (Å²) < 4.78 is 51.3. The first kappa shape index (κ1) is 16.1. The van der Waals surface area contributed by atoms with E-state index < -0.39 is 23.5 Å². The molecule has 0 radical (unpaired) electrons. The molecule has 21 heavy (non-hydrogen) atoms. The maximum absolute atomic E-state index is 13.2. The number of hydrogen-bond acceptors (Lipinski definition) is 2. The van der Waals surface area contributed by atoms with Gasteiger partial charge in [0.1, 0.15) is 5.82 Å². The molecule has 116 valence electrons. The van der Waals surface area contributed by atoms with Crippen LogP contribution in [-0.2, 0) is 6.18 Å². The van der Waals surface area contributed by atoms with E-state index in [9.17, 15) is 22.4 Å². The second-order valence-electron chi connectivity index (χ2n) is 4.84. The van der Waals surface area contributed by atoms with Crippen LogP contribution in [0.5, 0.6) is 0 Å². The zero-order chi connectivity index (χ0) is 15.6. The average Bonchev–Trinajstić information content (AvgIpc) is 2.46. The first-order chi connectivity index (χ1) is 9.82. The van der Waals surface area contributed by atoms with E-state index in [2.05, 4.69) is 0 Å². The van der Waals surface area contributed by atoms with E-state index in [1.807, 2.05) is 6.92 Å². The van der Waals surface area contributed by atoms with Crippen LogP contribution in [0.3, 0.4) is 0 Å². The number of halogens is 4. The zero-order valence-corrected chi connectivity index (χ0v) is 12.2. The molecule has 1 saturated heterocycles. The Kier molecular flexibility index (Phi) is 4.81. The van der Waals surface area contributed by atoms with Gasteiger partial charge in [-0.25, -0.2) is 4.39 Å². The molecule has 1 heterocycles. The van der Waals surface area contributed by atoms with Crippen LogP contribution in [0.25, 0.3) is 0 Å². The van der Waals surface area contributed by atoms with Crippen LogP contribution in [0.4, 0.5) is 17.6 Å². The number of thioether (sulfide) groups is 1. The third kappa shape index (κ3) is 3.70. The number of carbonyl (C=O) groups is 1. The van der Waals surface area contributed by atoms with Crippen LogP contribution in [0.2, 0.25) is 0 Å². The summed E-state index contributed by atoms with van der Waals surface area (Å²) in [5.41, 5.74) is -1.52. The second-order valence-corrected chi connectivity index (χ2v) is 6.25. The number of carbonyl (C=O) groups excluding carboxylic acids is 1. The average molecular weight is 321 g/mol. The largest absolute Gasteiger partial charge is 0.419 e. The molecule has 1 unspecified atom stereocenters. The van der Waals surface area contributed by atoms with Crippen molar-refractivity contribution in [1.82, 2.24) is 4.90 Å². The number of nitrogens with zero attached hydrogens (tertiary/aromatic N) is 1. The van der Waals surface area contributed by atoms with Crippen molar-refractivity contribution in [1.29, 1.82) is 0 Å². The number of rotatable bonds is 2. The maximum Gasteiger partial charge on any atom is 0.419 e. The van der Waals surface area contributed by atoms with Crippen LogP contribution in [0.15, 0.2) is 18.2 Å². The summed E-state index contributed by atoms with van der Waals surface area (Å²) in [4.78, 5) is 13.8. The highest BCUT2D eigenvalue weighted by atomic mass is 32.2. The molecule has 1 aromatic rings. The van der Waals surface area contributed by atoms with Crippen molar-refractivity contribution in [2.24, 2.45) is 0 Å². The SMILES string of the molecule is CCC1CN(C(=O)c2ccc(F)c(C(F)(F)F)c2)CCS1. The van der Waals surface area contributed by atoms with Crippen molar-refractivity contribution >= 4 is 17.7 Å². The Morgan fingerprint density at radius 2 is 2.14 bits per heavy atom. The van der Waals surface area contributed by atoms with Crippen molar-refractivity contribution in [3.8, 4) is 0 Å². The molecule has 2 rings (SSSR count). The number of amides is 1. The van der Waals surface area contributed by atoms with Gasteiger partial charge in [-0.2, -0.15) is 24.9 Å². The molecule has 1 aliphatic heterocycles. The van der Waals surface area contributed by atoms with Gasteiger partial charge < -0.3 is 4.90 Å². The number of benzene rings is 1. The summed E-state index contributed by atoms with van der Waals surface area (Å²) >= 11 is 1.76. The minimum Gasteiger partial charge on any atom is -0.337 e. The Hall–Kier alpha value is -1.24. The molecular weight excluding hydrogens is 306 g/mol. The lowest BCUT2D eigenvalue weighted by atomic mass is 10.1. The maximum atomic E-state index is 13.2. The van der Waals surface area contributed by atoms with E-state index >= 15 is 0 Å². The molecule has 1 atom stereocenters. The molecule has 1 amide bonds. The Balaban J connectivity index is 2.23.